The maximum Gasteiger partial charge on any atom is 0.325 e. The Bertz CT molecular complexity index is 1260. The number of sulfonamides is 1. The molecule has 4 atom stereocenters. The molecule has 5 nitrogen and oxygen atoms in total. The van der Waals surface area contributed by atoms with Gasteiger partial charge in [0, 0.05) is 21.2 Å². The molecule has 1 heterocycles. The summed E-state index contributed by atoms with van der Waals surface area (Å²) in [6.07, 6.45) is 0. The van der Waals surface area contributed by atoms with Crippen molar-refractivity contribution in [3.8, 4) is 10.4 Å². The van der Waals surface area contributed by atoms with Crippen LogP contribution in [-0.2, 0) is 14.8 Å². The number of rotatable bonds is 6. The minimum atomic E-state index is -3.98. The van der Waals surface area contributed by atoms with Gasteiger partial charge in [0.2, 0.25) is 0 Å². The number of hydrogen-bond acceptors (Lipinski definition) is 4. The highest BCUT2D eigenvalue weighted by Crippen LogP contribution is 2.89. The summed E-state index contributed by atoms with van der Waals surface area (Å²) in [6.45, 7) is 1.85. The van der Waals surface area contributed by atoms with Crippen LogP contribution in [0.15, 0.2) is 70.9 Å². The van der Waals surface area contributed by atoms with E-state index < -0.39 is 26.9 Å². The number of hydrogen-bond donors (Lipinski definition) is 2. The Kier molecular flexibility index (Phi) is 4.22. The summed E-state index contributed by atoms with van der Waals surface area (Å²) in [5.41, 5.74) is -0.188. The molecule has 2 aliphatic carbocycles. The Balaban J connectivity index is 1.41. The molecule has 154 valence electrons. The number of benzene rings is 2. The van der Waals surface area contributed by atoms with Gasteiger partial charge in [0.05, 0.1) is 0 Å². The number of halogens is 1. The fourth-order valence-corrected chi connectivity index (χ4v) is 7.77. The monoisotopic (exact) mass is 459 g/mol. The molecule has 0 radical (unpaired) electrons. The first-order valence-electron chi connectivity index (χ1n) is 9.40. The second-order valence-electron chi connectivity index (χ2n) is 7.99. The highest BCUT2D eigenvalue weighted by Gasteiger charge is 2.97. The molecule has 5 rings (SSSR count). The van der Waals surface area contributed by atoms with E-state index >= 15 is 0 Å². The number of carboxylic acid groups (broad SMARTS) is 1. The molecule has 0 bridgehead atoms. The first-order valence-corrected chi connectivity index (χ1v) is 12.1. The second-order valence-corrected chi connectivity index (χ2v) is 11.4. The molecule has 8 heteroatoms. The summed E-state index contributed by atoms with van der Waals surface area (Å²) >= 11 is 7.02. The SMILES string of the molecule is CC12C(c3ccccc3)C1C2(NS(=O)(=O)c1ccc(-c2ccc(Cl)cc2)s1)C(=O)O. The third-order valence-electron chi connectivity index (χ3n) is 6.52. The molecule has 2 N–H and O–H groups in total. The van der Waals surface area contributed by atoms with Crippen LogP contribution in [0.25, 0.3) is 10.4 Å². The number of thiophene rings is 1. The molecular formula is C22H18ClNO4S2. The normalized spacial score (nSPS) is 29.3. The highest BCUT2D eigenvalue weighted by molar-refractivity contribution is 7.91. The smallest absolute Gasteiger partial charge is 0.325 e. The number of aliphatic carboxylic acids is 1. The molecule has 2 fully saturated rings. The summed E-state index contributed by atoms with van der Waals surface area (Å²) in [4.78, 5) is 12.9. The molecule has 1 aromatic heterocycles. The average molecular weight is 460 g/mol. The minimum Gasteiger partial charge on any atom is -0.480 e. The Morgan fingerprint density at radius 2 is 1.70 bits per heavy atom. The third kappa shape index (κ3) is 2.62. The van der Waals surface area contributed by atoms with E-state index in [-0.39, 0.29) is 16.0 Å². The molecule has 30 heavy (non-hydrogen) atoms. The Labute approximate surface area is 183 Å². The van der Waals surface area contributed by atoms with Crippen LogP contribution in [0, 0.1) is 11.3 Å². The molecule has 0 saturated heterocycles. The minimum absolute atomic E-state index is 0.0467. The molecular weight excluding hydrogens is 442 g/mol. The van der Waals surface area contributed by atoms with E-state index in [1.807, 2.05) is 49.4 Å². The summed E-state index contributed by atoms with van der Waals surface area (Å²) in [7, 11) is -3.98. The van der Waals surface area contributed by atoms with Crippen molar-refractivity contribution in [2.24, 2.45) is 11.3 Å². The summed E-state index contributed by atoms with van der Waals surface area (Å²) < 4.78 is 28.7. The molecule has 0 spiro atoms. The first kappa shape index (κ1) is 19.8. The van der Waals surface area contributed by atoms with Gasteiger partial charge < -0.3 is 5.11 Å². The lowest BCUT2D eigenvalue weighted by molar-refractivity contribution is -0.142. The van der Waals surface area contributed by atoms with Crippen molar-refractivity contribution in [3.63, 3.8) is 0 Å². The van der Waals surface area contributed by atoms with Crippen molar-refractivity contribution in [3.05, 3.63) is 77.3 Å². The zero-order valence-corrected chi connectivity index (χ0v) is 18.3. The number of carbonyl (C=O) groups is 1. The van der Waals surface area contributed by atoms with Gasteiger partial charge in [-0.3, -0.25) is 4.79 Å². The topological polar surface area (TPSA) is 83.5 Å². The summed E-state index contributed by atoms with van der Waals surface area (Å²) in [6, 6.07) is 20.0. The van der Waals surface area contributed by atoms with Crippen molar-refractivity contribution in [1.29, 1.82) is 0 Å². The fourth-order valence-electron chi connectivity index (χ4n) is 4.86. The number of fused-ring (bicyclic) bond motifs is 1. The maximum atomic E-state index is 13.1. The van der Waals surface area contributed by atoms with Crippen LogP contribution in [0.4, 0.5) is 0 Å². The highest BCUT2D eigenvalue weighted by atomic mass is 35.5. The van der Waals surface area contributed by atoms with Gasteiger partial charge in [-0.25, -0.2) is 8.42 Å². The van der Waals surface area contributed by atoms with Gasteiger partial charge in [-0.1, -0.05) is 61.0 Å². The van der Waals surface area contributed by atoms with Crippen LogP contribution in [0.3, 0.4) is 0 Å². The van der Waals surface area contributed by atoms with Gasteiger partial charge in [-0.2, -0.15) is 4.72 Å². The lowest BCUT2D eigenvalue weighted by Gasteiger charge is -2.27. The van der Waals surface area contributed by atoms with Crippen LogP contribution in [0.2, 0.25) is 5.02 Å². The molecule has 3 aromatic rings. The third-order valence-corrected chi connectivity index (χ3v) is 9.86. The van der Waals surface area contributed by atoms with Gasteiger partial charge in [0.25, 0.3) is 10.0 Å². The fraction of sp³-hybridized carbons (Fsp3) is 0.227. The van der Waals surface area contributed by atoms with Crippen LogP contribution < -0.4 is 4.72 Å². The van der Waals surface area contributed by atoms with Crippen molar-refractivity contribution in [2.75, 3.05) is 0 Å². The quantitative estimate of drug-likeness (QED) is 0.564. The van der Waals surface area contributed by atoms with Crippen LogP contribution in [0.1, 0.15) is 18.4 Å². The molecule has 0 amide bonds. The predicted molar refractivity (Wildman–Crippen MR) is 116 cm³/mol. The van der Waals surface area contributed by atoms with Crippen LogP contribution in [0.5, 0.6) is 0 Å². The van der Waals surface area contributed by atoms with E-state index in [2.05, 4.69) is 4.72 Å². The molecule has 2 aliphatic rings. The van der Waals surface area contributed by atoms with Crippen LogP contribution in [-0.4, -0.2) is 25.0 Å². The molecule has 0 aliphatic heterocycles. The zero-order valence-electron chi connectivity index (χ0n) is 15.9. The van der Waals surface area contributed by atoms with E-state index in [9.17, 15) is 18.3 Å². The van der Waals surface area contributed by atoms with Crippen molar-refractivity contribution in [1.82, 2.24) is 4.72 Å². The van der Waals surface area contributed by atoms with Gasteiger partial charge in [-0.05, 0) is 41.3 Å². The lowest BCUT2D eigenvalue weighted by Crippen LogP contribution is -2.52. The van der Waals surface area contributed by atoms with Gasteiger partial charge in [0.1, 0.15) is 9.75 Å². The molecule has 2 aromatic carbocycles. The van der Waals surface area contributed by atoms with E-state index in [1.165, 1.54) is 6.07 Å². The van der Waals surface area contributed by atoms with Gasteiger partial charge >= 0.3 is 5.97 Å². The van der Waals surface area contributed by atoms with E-state index in [0.717, 1.165) is 27.3 Å². The standard InChI is InChI=1S/C22H18ClNO4S2/c1-21-18(14-5-3-2-4-6-14)19(21)22(21,20(25)26)24-30(27,28)17-12-11-16(29-17)13-7-9-15(23)10-8-13/h2-12,18-19,24H,1H3,(H,25,26). The van der Waals surface area contributed by atoms with E-state index in [1.54, 1.807) is 18.2 Å². The van der Waals surface area contributed by atoms with Crippen LogP contribution >= 0.6 is 22.9 Å². The van der Waals surface area contributed by atoms with Gasteiger partial charge in [-0.15, -0.1) is 11.3 Å². The summed E-state index contributed by atoms with van der Waals surface area (Å²) in [5.74, 6) is -1.33. The largest absolute Gasteiger partial charge is 0.480 e. The van der Waals surface area contributed by atoms with Crippen molar-refractivity contribution >= 4 is 38.9 Å². The van der Waals surface area contributed by atoms with E-state index in [4.69, 9.17) is 11.6 Å². The van der Waals surface area contributed by atoms with Gasteiger partial charge in [0.15, 0.2) is 0 Å². The Morgan fingerprint density at radius 3 is 2.30 bits per heavy atom. The predicted octanol–water partition coefficient (Wildman–Crippen LogP) is 4.60. The van der Waals surface area contributed by atoms with Crippen molar-refractivity contribution < 1.29 is 18.3 Å². The van der Waals surface area contributed by atoms with E-state index in [0.29, 0.717) is 5.02 Å². The maximum absolute atomic E-state index is 13.1. The zero-order chi connectivity index (χ0) is 21.3. The lowest BCUT2D eigenvalue weighted by atomic mass is 9.86. The Morgan fingerprint density at radius 1 is 1.07 bits per heavy atom. The number of carboxylic acids is 1. The Hall–Kier alpha value is -2.19. The van der Waals surface area contributed by atoms with Crippen molar-refractivity contribution in [2.45, 2.75) is 22.6 Å². The first-order chi connectivity index (χ1) is 14.2. The molecule has 4 unspecified atom stereocenters. The average Bonchev–Trinajstić information content (AvgIpc) is 3.36. The molecule has 2 saturated carbocycles. The summed E-state index contributed by atoms with van der Waals surface area (Å²) in [5, 5.41) is 10.5. The number of nitrogens with one attached hydrogen (secondary N) is 1. The second kappa shape index (κ2) is 6.40.